The van der Waals surface area contributed by atoms with Crippen molar-refractivity contribution in [1.82, 2.24) is 19.1 Å². The lowest BCUT2D eigenvalue weighted by atomic mass is 9.89. The second-order valence-corrected chi connectivity index (χ2v) is 13.3. The van der Waals surface area contributed by atoms with Gasteiger partial charge in [0, 0.05) is 53.8 Å². The van der Waals surface area contributed by atoms with Gasteiger partial charge in [-0.3, -0.25) is 18.7 Å². The molecule has 1 N–H and O–H groups in total. The lowest BCUT2D eigenvalue weighted by Gasteiger charge is -2.29. The first-order valence-corrected chi connectivity index (χ1v) is 14.5. The molecule has 8 nitrogen and oxygen atoms in total. The summed E-state index contributed by atoms with van der Waals surface area (Å²) >= 11 is 6.82. The molecule has 2 aromatic heterocycles. The lowest BCUT2D eigenvalue weighted by molar-refractivity contribution is -0.0276. The molecule has 0 radical (unpaired) electrons. The average molecular weight is 660 g/mol. The highest BCUT2D eigenvalue weighted by Crippen LogP contribution is 2.31. The predicted octanol–water partition coefficient (Wildman–Crippen LogP) is 4.86. The molecule has 0 amide bonds. The average Bonchev–Trinajstić information content (AvgIpc) is 3.50. The van der Waals surface area contributed by atoms with E-state index in [1.165, 1.54) is 0 Å². The van der Waals surface area contributed by atoms with Crippen molar-refractivity contribution >= 4 is 53.7 Å². The number of aliphatic hydroxyl groups is 1. The molecule has 6 rings (SSSR count). The fourth-order valence-corrected chi connectivity index (χ4v) is 5.98. The molecule has 2 aliphatic heterocycles. The van der Waals surface area contributed by atoms with E-state index in [0.29, 0.717) is 35.8 Å². The maximum absolute atomic E-state index is 12.6. The van der Waals surface area contributed by atoms with E-state index in [1.807, 2.05) is 30.3 Å². The molecule has 39 heavy (non-hydrogen) atoms. The van der Waals surface area contributed by atoms with Crippen LogP contribution in [0.2, 0.25) is 0 Å². The molecule has 2 unspecified atom stereocenters. The minimum Gasteiger partial charge on any atom is -0.390 e. The highest BCUT2D eigenvalue weighted by Gasteiger charge is 2.36. The van der Waals surface area contributed by atoms with Crippen LogP contribution in [0, 0.1) is 11.8 Å². The molecular weight excluding hydrogens is 628 g/mol. The number of hydrogen-bond donors (Lipinski definition) is 1. The van der Waals surface area contributed by atoms with Gasteiger partial charge in [-0.1, -0.05) is 31.9 Å². The first-order chi connectivity index (χ1) is 18.3. The van der Waals surface area contributed by atoms with Crippen LogP contribution >= 0.6 is 31.9 Å². The van der Waals surface area contributed by atoms with Gasteiger partial charge in [0.1, 0.15) is 11.6 Å². The quantitative estimate of drug-likeness (QED) is 0.337. The zero-order chi connectivity index (χ0) is 28.3. The van der Waals surface area contributed by atoms with Crippen LogP contribution in [0.1, 0.15) is 39.3 Å². The van der Waals surface area contributed by atoms with Gasteiger partial charge in [-0.2, -0.15) is 0 Å². The number of ether oxygens (including phenoxy) is 1. The lowest BCUT2D eigenvalue weighted by Crippen LogP contribution is -2.35. The number of benzene rings is 2. The van der Waals surface area contributed by atoms with Crippen LogP contribution in [-0.4, -0.2) is 42.5 Å². The summed E-state index contributed by atoms with van der Waals surface area (Å²) in [7, 11) is 1.72. The molecule has 2 atom stereocenters. The third-order valence-corrected chi connectivity index (χ3v) is 9.15. The number of halogens is 2. The minimum absolute atomic E-state index is 0.0146. The number of nitrogens with zero attached hydrogens (tertiary/aromatic N) is 4. The van der Waals surface area contributed by atoms with Crippen molar-refractivity contribution in [1.29, 1.82) is 0 Å². The summed E-state index contributed by atoms with van der Waals surface area (Å²) in [6.07, 6.45) is 1.42. The van der Waals surface area contributed by atoms with Crippen molar-refractivity contribution < 1.29 is 9.84 Å². The van der Waals surface area contributed by atoms with Crippen LogP contribution < -0.4 is 11.1 Å². The molecule has 206 valence electrons. The smallest absolute Gasteiger partial charge is 0.261 e. The molecule has 4 heterocycles. The number of aromatic nitrogens is 4. The van der Waals surface area contributed by atoms with Gasteiger partial charge >= 0.3 is 0 Å². The molecule has 4 aromatic rings. The van der Waals surface area contributed by atoms with Crippen molar-refractivity contribution in [2.75, 3.05) is 7.11 Å². The highest BCUT2D eigenvalue weighted by molar-refractivity contribution is 9.10. The van der Waals surface area contributed by atoms with Crippen LogP contribution in [0.25, 0.3) is 21.8 Å². The summed E-state index contributed by atoms with van der Waals surface area (Å²) in [5.41, 5.74) is 0.444. The van der Waals surface area contributed by atoms with E-state index in [-0.39, 0.29) is 28.6 Å². The molecule has 2 aliphatic rings. The SMILES string of the molecule is CC(C)(O)C1Cc2nc3cc(Br)ccc3c(=O)n2C1.COC(C)(C)C1Cc2nc3cc(Br)ccc3c(=O)n2C1. The third kappa shape index (κ3) is 5.36. The number of rotatable bonds is 3. The fraction of sp³-hybridized carbons (Fsp3) is 0.448. The van der Waals surface area contributed by atoms with E-state index in [9.17, 15) is 14.7 Å². The molecule has 0 fully saturated rings. The summed E-state index contributed by atoms with van der Waals surface area (Å²) in [5, 5.41) is 11.4. The standard InChI is InChI=1S/C15H17BrN2O2.C14H15BrN2O2/c1-15(2,20-3)9-6-13-17-12-7-10(16)4-5-11(12)14(19)18(13)8-9;1-14(2,19)8-5-12-16-11-6-9(15)3-4-10(11)13(18)17(12)7-8/h4-5,7,9H,6,8H2,1-3H3;3-4,6,8,19H,5,7H2,1-2H3. The van der Waals surface area contributed by atoms with Gasteiger partial charge in [0.2, 0.25) is 0 Å². The topological polar surface area (TPSA) is 99.2 Å². The van der Waals surface area contributed by atoms with Gasteiger partial charge < -0.3 is 9.84 Å². The molecule has 0 aliphatic carbocycles. The predicted molar refractivity (Wildman–Crippen MR) is 159 cm³/mol. The first-order valence-electron chi connectivity index (χ1n) is 12.9. The van der Waals surface area contributed by atoms with Gasteiger partial charge in [-0.05, 0) is 64.1 Å². The van der Waals surface area contributed by atoms with Gasteiger partial charge in [-0.25, -0.2) is 9.97 Å². The summed E-state index contributed by atoms with van der Waals surface area (Å²) in [6.45, 7) is 8.90. The van der Waals surface area contributed by atoms with Crippen molar-refractivity contribution in [2.45, 2.75) is 64.8 Å². The maximum atomic E-state index is 12.6. The number of hydrogen-bond acceptors (Lipinski definition) is 6. The monoisotopic (exact) mass is 658 g/mol. The van der Waals surface area contributed by atoms with Crippen molar-refractivity contribution in [3.8, 4) is 0 Å². The minimum atomic E-state index is -0.799. The fourth-order valence-electron chi connectivity index (χ4n) is 5.28. The first kappa shape index (κ1) is 28.1. The Labute approximate surface area is 243 Å². The summed E-state index contributed by atoms with van der Waals surface area (Å²) in [5.74, 6) is 1.93. The van der Waals surface area contributed by atoms with E-state index >= 15 is 0 Å². The third-order valence-electron chi connectivity index (χ3n) is 8.17. The van der Waals surface area contributed by atoms with E-state index in [4.69, 9.17) is 4.74 Å². The molecule has 2 aromatic carbocycles. The summed E-state index contributed by atoms with van der Waals surface area (Å²) in [6, 6.07) is 11.1. The Morgan fingerprint density at radius 3 is 1.69 bits per heavy atom. The van der Waals surface area contributed by atoms with Gasteiger partial charge in [0.05, 0.1) is 33.0 Å². The summed E-state index contributed by atoms with van der Waals surface area (Å²) in [4.78, 5) is 34.2. The Bertz CT molecular complexity index is 1700. The Morgan fingerprint density at radius 2 is 1.26 bits per heavy atom. The Balaban J connectivity index is 0.000000158. The van der Waals surface area contributed by atoms with Crippen molar-refractivity contribution in [3.63, 3.8) is 0 Å². The Hall–Kier alpha value is -2.40. The molecule has 0 saturated carbocycles. The molecule has 0 bridgehead atoms. The van der Waals surface area contributed by atoms with E-state index in [0.717, 1.165) is 32.5 Å². The zero-order valence-electron chi connectivity index (χ0n) is 22.7. The molecule has 0 spiro atoms. The van der Waals surface area contributed by atoms with E-state index in [1.54, 1.807) is 36.2 Å². The van der Waals surface area contributed by atoms with Crippen LogP contribution in [0.5, 0.6) is 0 Å². The van der Waals surface area contributed by atoms with Gasteiger partial charge in [0.15, 0.2) is 0 Å². The van der Waals surface area contributed by atoms with E-state index in [2.05, 4.69) is 55.7 Å². The highest BCUT2D eigenvalue weighted by atomic mass is 79.9. The largest absolute Gasteiger partial charge is 0.390 e. The Kier molecular flexibility index (Phi) is 7.37. The normalized spacial score (nSPS) is 18.7. The van der Waals surface area contributed by atoms with Crippen LogP contribution in [0.4, 0.5) is 0 Å². The Morgan fingerprint density at radius 1 is 0.821 bits per heavy atom. The molecular formula is C29H32Br2N4O4. The van der Waals surface area contributed by atoms with Crippen LogP contribution in [0.3, 0.4) is 0 Å². The number of fused-ring (bicyclic) bond motifs is 4. The van der Waals surface area contributed by atoms with E-state index < -0.39 is 5.60 Å². The maximum Gasteiger partial charge on any atom is 0.261 e. The van der Waals surface area contributed by atoms with Crippen LogP contribution in [0.15, 0.2) is 54.9 Å². The molecule has 10 heteroatoms. The second kappa shape index (κ2) is 10.2. The van der Waals surface area contributed by atoms with Gasteiger partial charge in [0.25, 0.3) is 11.1 Å². The van der Waals surface area contributed by atoms with Crippen LogP contribution in [-0.2, 0) is 30.7 Å². The second-order valence-electron chi connectivity index (χ2n) is 11.5. The van der Waals surface area contributed by atoms with Gasteiger partial charge in [-0.15, -0.1) is 0 Å². The number of methoxy groups -OCH3 is 1. The molecule has 0 saturated heterocycles. The zero-order valence-corrected chi connectivity index (χ0v) is 25.8. The van der Waals surface area contributed by atoms with Crippen molar-refractivity contribution in [2.24, 2.45) is 11.8 Å². The summed E-state index contributed by atoms with van der Waals surface area (Å²) < 4.78 is 10.9. The van der Waals surface area contributed by atoms with Crippen molar-refractivity contribution in [3.05, 3.63) is 77.7 Å².